The summed E-state index contributed by atoms with van der Waals surface area (Å²) < 4.78 is 2.34. The topological polar surface area (TPSA) is 8.17 Å². The van der Waals surface area contributed by atoms with Gasteiger partial charge in [-0.05, 0) is 53.9 Å². The van der Waals surface area contributed by atoms with E-state index in [0.717, 1.165) is 36.6 Å². The lowest BCUT2D eigenvalue weighted by molar-refractivity contribution is 0.220. The molecular formula is C21H19Cl3N2. The van der Waals surface area contributed by atoms with Gasteiger partial charge in [-0.2, -0.15) is 0 Å². The summed E-state index contributed by atoms with van der Waals surface area (Å²) in [6.07, 6.45) is 3.25. The van der Waals surface area contributed by atoms with E-state index in [1.165, 1.54) is 11.3 Å². The fourth-order valence-electron chi connectivity index (χ4n) is 3.74. The molecule has 2 aromatic carbocycles. The summed E-state index contributed by atoms with van der Waals surface area (Å²) in [5.41, 5.74) is 3.65. The van der Waals surface area contributed by atoms with Crippen molar-refractivity contribution in [3.63, 3.8) is 0 Å². The third-order valence-corrected chi connectivity index (χ3v) is 5.86. The number of benzene rings is 2. The Bertz CT molecular complexity index is 919. The number of halogens is 3. The Labute approximate surface area is 168 Å². The average molecular weight is 406 g/mol. The van der Waals surface area contributed by atoms with Crippen LogP contribution in [0.5, 0.6) is 0 Å². The van der Waals surface area contributed by atoms with Crippen molar-refractivity contribution in [3.8, 4) is 0 Å². The molecule has 1 aliphatic heterocycles. The second-order valence-electron chi connectivity index (χ2n) is 6.66. The van der Waals surface area contributed by atoms with Crippen molar-refractivity contribution in [2.45, 2.75) is 25.6 Å². The lowest BCUT2D eigenvalue weighted by Gasteiger charge is -2.31. The van der Waals surface area contributed by atoms with Gasteiger partial charge in [-0.3, -0.25) is 4.90 Å². The predicted molar refractivity (Wildman–Crippen MR) is 109 cm³/mol. The first-order valence-corrected chi connectivity index (χ1v) is 9.84. The minimum Gasteiger partial charge on any atom is -0.350 e. The zero-order valence-electron chi connectivity index (χ0n) is 14.2. The Morgan fingerprint density at radius 1 is 0.885 bits per heavy atom. The minimum absolute atomic E-state index is 0.126. The number of hydrogen-bond acceptors (Lipinski definition) is 1. The van der Waals surface area contributed by atoms with Crippen LogP contribution in [0, 0.1) is 0 Å². The molecule has 1 aliphatic rings. The molecule has 0 saturated carbocycles. The summed E-state index contributed by atoms with van der Waals surface area (Å²) in [6, 6.07) is 18.5. The van der Waals surface area contributed by atoms with Crippen molar-refractivity contribution < 1.29 is 0 Å². The van der Waals surface area contributed by atoms with Crippen LogP contribution in [0.25, 0.3) is 0 Å². The first kappa shape index (κ1) is 17.9. The number of aromatic nitrogens is 1. The van der Waals surface area contributed by atoms with E-state index in [1.807, 2.05) is 30.3 Å². The van der Waals surface area contributed by atoms with E-state index in [1.54, 1.807) is 0 Å². The molecular weight excluding hydrogens is 387 g/mol. The lowest BCUT2D eigenvalue weighted by Crippen LogP contribution is -2.29. The molecule has 5 heteroatoms. The van der Waals surface area contributed by atoms with E-state index >= 15 is 0 Å². The Morgan fingerprint density at radius 3 is 2.58 bits per heavy atom. The third kappa shape index (κ3) is 3.65. The Morgan fingerprint density at radius 2 is 1.77 bits per heavy atom. The lowest BCUT2D eigenvalue weighted by atomic mass is 10.0. The van der Waals surface area contributed by atoms with Gasteiger partial charge < -0.3 is 4.57 Å². The van der Waals surface area contributed by atoms with Gasteiger partial charge in [0.05, 0.1) is 16.1 Å². The van der Waals surface area contributed by atoms with E-state index in [9.17, 15) is 0 Å². The van der Waals surface area contributed by atoms with Gasteiger partial charge in [-0.15, -0.1) is 0 Å². The highest BCUT2D eigenvalue weighted by Crippen LogP contribution is 2.35. The summed E-state index contributed by atoms with van der Waals surface area (Å²) in [7, 11) is 0. The molecule has 0 spiro atoms. The first-order chi connectivity index (χ1) is 12.6. The molecule has 26 heavy (non-hydrogen) atoms. The van der Waals surface area contributed by atoms with Crippen LogP contribution in [0.3, 0.4) is 0 Å². The molecule has 3 aromatic rings. The minimum atomic E-state index is 0.126. The molecule has 134 valence electrons. The van der Waals surface area contributed by atoms with Crippen molar-refractivity contribution in [2.24, 2.45) is 0 Å². The van der Waals surface area contributed by atoms with Crippen molar-refractivity contribution in [3.05, 3.63) is 92.7 Å². The van der Waals surface area contributed by atoms with Crippen LogP contribution in [0.2, 0.25) is 15.1 Å². The molecule has 2 nitrogen and oxygen atoms in total. The van der Waals surface area contributed by atoms with Crippen LogP contribution in [-0.2, 0) is 13.1 Å². The smallest absolute Gasteiger partial charge is 0.0759 e. The highest BCUT2D eigenvalue weighted by molar-refractivity contribution is 6.42. The van der Waals surface area contributed by atoms with E-state index < -0.39 is 0 Å². The predicted octanol–water partition coefficient (Wildman–Crippen LogP) is 6.44. The quantitative estimate of drug-likeness (QED) is 0.486. The summed E-state index contributed by atoms with van der Waals surface area (Å²) >= 11 is 18.7. The Hall–Kier alpha value is -1.45. The van der Waals surface area contributed by atoms with Gasteiger partial charge in [0.25, 0.3) is 0 Å². The highest BCUT2D eigenvalue weighted by Gasteiger charge is 2.27. The fourth-order valence-corrected chi connectivity index (χ4v) is 4.26. The molecule has 0 saturated heterocycles. The molecule has 0 amide bonds. The standard InChI is InChI=1S/C21H19Cl3N2/c22-17-5-1-4-15(12-17)14-26-11-3-10-25-9-2-6-20(25)21(26)16-7-8-18(23)19(24)13-16/h1-2,4-9,12-13,21H,3,10-11,14H2/t21-/m0/s1. The van der Waals surface area contributed by atoms with Gasteiger partial charge in [0.2, 0.25) is 0 Å². The molecule has 2 heterocycles. The van der Waals surface area contributed by atoms with Gasteiger partial charge in [0.1, 0.15) is 0 Å². The molecule has 0 unspecified atom stereocenters. The zero-order chi connectivity index (χ0) is 18.1. The SMILES string of the molecule is Clc1cccc(CN2CCCn3cccc3[C@@H]2c2ccc(Cl)c(Cl)c2)c1. The van der Waals surface area contributed by atoms with Crippen LogP contribution >= 0.6 is 34.8 Å². The van der Waals surface area contributed by atoms with Gasteiger partial charge >= 0.3 is 0 Å². The van der Waals surface area contributed by atoms with Crippen molar-refractivity contribution in [2.75, 3.05) is 6.54 Å². The normalized spacial score (nSPS) is 17.7. The Balaban J connectivity index is 1.76. The van der Waals surface area contributed by atoms with Crippen LogP contribution in [-0.4, -0.2) is 16.0 Å². The Kier molecular flexibility index (Phi) is 5.28. The van der Waals surface area contributed by atoms with Gasteiger partial charge in [0, 0.05) is 36.5 Å². The number of nitrogens with zero attached hydrogens (tertiary/aromatic N) is 2. The second-order valence-corrected chi connectivity index (χ2v) is 7.91. The monoisotopic (exact) mass is 404 g/mol. The van der Waals surface area contributed by atoms with Gasteiger partial charge in [0.15, 0.2) is 0 Å². The molecule has 0 aliphatic carbocycles. The molecule has 1 aromatic heterocycles. The maximum atomic E-state index is 6.33. The highest BCUT2D eigenvalue weighted by atomic mass is 35.5. The molecule has 0 fully saturated rings. The van der Waals surface area contributed by atoms with E-state index in [-0.39, 0.29) is 6.04 Å². The number of hydrogen-bond donors (Lipinski definition) is 0. The third-order valence-electron chi connectivity index (χ3n) is 4.89. The first-order valence-electron chi connectivity index (χ1n) is 8.70. The van der Waals surface area contributed by atoms with Crippen LogP contribution in [0.15, 0.2) is 60.8 Å². The maximum absolute atomic E-state index is 6.33. The van der Waals surface area contributed by atoms with Crippen LogP contribution in [0.1, 0.15) is 29.3 Å². The van der Waals surface area contributed by atoms with Gasteiger partial charge in [-0.1, -0.05) is 53.0 Å². The number of fused-ring (bicyclic) bond motifs is 1. The zero-order valence-corrected chi connectivity index (χ0v) is 16.5. The van der Waals surface area contributed by atoms with Crippen molar-refractivity contribution in [1.82, 2.24) is 9.47 Å². The van der Waals surface area contributed by atoms with Crippen LogP contribution in [0.4, 0.5) is 0 Å². The molecule has 0 N–H and O–H groups in total. The van der Waals surface area contributed by atoms with Crippen molar-refractivity contribution in [1.29, 1.82) is 0 Å². The molecule has 1 atom stereocenters. The van der Waals surface area contributed by atoms with Crippen LogP contribution < -0.4 is 0 Å². The summed E-state index contributed by atoms with van der Waals surface area (Å²) in [5, 5.41) is 1.95. The largest absolute Gasteiger partial charge is 0.350 e. The van der Waals surface area contributed by atoms with E-state index in [2.05, 4.69) is 39.9 Å². The molecule has 4 rings (SSSR count). The second kappa shape index (κ2) is 7.66. The van der Waals surface area contributed by atoms with E-state index in [4.69, 9.17) is 34.8 Å². The van der Waals surface area contributed by atoms with Crippen molar-refractivity contribution >= 4 is 34.8 Å². The fraction of sp³-hybridized carbons (Fsp3) is 0.238. The summed E-state index contributed by atoms with van der Waals surface area (Å²) in [4.78, 5) is 2.49. The maximum Gasteiger partial charge on any atom is 0.0759 e. The number of aryl methyl sites for hydroxylation is 1. The summed E-state index contributed by atoms with van der Waals surface area (Å²) in [6.45, 7) is 2.85. The van der Waals surface area contributed by atoms with E-state index in [0.29, 0.717) is 10.0 Å². The average Bonchev–Trinajstić information content (AvgIpc) is 3.00. The van der Waals surface area contributed by atoms with Gasteiger partial charge in [-0.25, -0.2) is 0 Å². The summed E-state index contributed by atoms with van der Waals surface area (Å²) in [5.74, 6) is 0. The number of rotatable bonds is 3. The molecule has 0 radical (unpaired) electrons. The molecule has 0 bridgehead atoms.